The van der Waals surface area contributed by atoms with Crippen molar-refractivity contribution in [3.63, 3.8) is 0 Å². The first-order valence-electron chi connectivity index (χ1n) is 4.71. The molecule has 88 valence electrons. The van der Waals surface area contributed by atoms with Gasteiger partial charge in [0.05, 0.1) is 14.2 Å². The highest BCUT2D eigenvalue weighted by molar-refractivity contribution is 5.92. The Morgan fingerprint density at radius 3 is 2.76 bits per heavy atom. The first kappa shape index (κ1) is 12.6. The van der Waals surface area contributed by atoms with E-state index < -0.39 is 5.91 Å². The van der Waals surface area contributed by atoms with Crippen LogP contribution in [-0.2, 0) is 4.79 Å². The molecule has 1 aromatic rings. The van der Waals surface area contributed by atoms with Gasteiger partial charge in [0, 0.05) is 10.5 Å². The van der Waals surface area contributed by atoms with E-state index in [1.54, 1.807) is 18.2 Å². The normalized spacial score (nSPS) is 9.76. The van der Waals surface area contributed by atoms with Crippen LogP contribution < -0.4 is 9.47 Å². The third kappa shape index (κ3) is 3.25. The molecule has 0 unspecified atom stereocenters. The molecule has 0 spiro atoms. The van der Waals surface area contributed by atoms with Gasteiger partial charge in [0.2, 0.25) is 5.91 Å². The van der Waals surface area contributed by atoms with Gasteiger partial charge in [0.25, 0.3) is 0 Å². The fourth-order valence-electron chi connectivity index (χ4n) is 1.28. The van der Waals surface area contributed by atoms with Crippen LogP contribution in [-0.4, -0.2) is 20.1 Å². The van der Waals surface area contributed by atoms with Crippen LogP contribution in [0, 0.1) is 0 Å². The van der Waals surface area contributed by atoms with Gasteiger partial charge in [-0.2, -0.15) is 0 Å². The molecule has 0 aromatic heterocycles. The second-order valence-corrected chi connectivity index (χ2v) is 2.94. The fraction of sp³-hybridized carbons (Fsp3) is 0.182. The van der Waals surface area contributed by atoms with Gasteiger partial charge in [-0.15, -0.1) is 0 Å². The maximum absolute atomic E-state index is 11.0. The van der Waals surface area contributed by atoms with Crippen molar-refractivity contribution in [1.82, 2.24) is 0 Å². The van der Waals surface area contributed by atoms with Crippen LogP contribution in [0.1, 0.15) is 5.56 Å². The number of carbonyl (C=O) groups excluding carboxylic acids is 1. The zero-order valence-corrected chi connectivity index (χ0v) is 9.45. The number of benzene rings is 1. The van der Waals surface area contributed by atoms with E-state index in [2.05, 4.69) is 10.0 Å². The van der Waals surface area contributed by atoms with E-state index in [9.17, 15) is 4.79 Å². The monoisotopic (exact) mass is 233 g/mol. The van der Waals surface area contributed by atoms with Crippen molar-refractivity contribution < 1.29 is 14.3 Å². The van der Waals surface area contributed by atoms with Crippen LogP contribution in [0.15, 0.2) is 29.4 Å². The lowest BCUT2D eigenvalue weighted by atomic mass is 10.1. The number of amides is 1. The summed E-state index contributed by atoms with van der Waals surface area (Å²) < 4.78 is 10.3. The Labute approximate surface area is 98.1 Å². The molecule has 0 aliphatic rings. The number of nitrogens with zero attached hydrogens (tertiary/aromatic N) is 3. The highest BCUT2D eigenvalue weighted by Crippen LogP contribution is 2.31. The zero-order valence-electron chi connectivity index (χ0n) is 9.45. The summed E-state index contributed by atoms with van der Waals surface area (Å²) in [7, 11) is 3.03. The largest absolute Gasteiger partial charge is 0.493 e. The van der Waals surface area contributed by atoms with Crippen molar-refractivity contribution in [2.45, 2.75) is 0 Å². The molecule has 6 heteroatoms. The maximum atomic E-state index is 11.0. The van der Waals surface area contributed by atoms with Crippen molar-refractivity contribution >= 4 is 12.0 Å². The van der Waals surface area contributed by atoms with Crippen LogP contribution in [0.5, 0.6) is 11.5 Å². The standard InChI is InChI=1S/C11H11N3O3/c1-16-9-5-3-4-8(11(9)17-2)6-7-10(15)13-14-12/h3-7H,1-2H3. The molecular weight excluding hydrogens is 222 g/mol. The Morgan fingerprint density at radius 2 is 2.18 bits per heavy atom. The average Bonchev–Trinajstić information content (AvgIpc) is 2.36. The summed E-state index contributed by atoms with van der Waals surface area (Å²) in [5, 5.41) is 2.92. The van der Waals surface area contributed by atoms with Crippen LogP contribution in [0.25, 0.3) is 16.5 Å². The van der Waals surface area contributed by atoms with Crippen molar-refractivity contribution in [2.24, 2.45) is 5.11 Å². The minimum absolute atomic E-state index is 0.514. The summed E-state index contributed by atoms with van der Waals surface area (Å²) in [4.78, 5) is 13.4. The summed E-state index contributed by atoms with van der Waals surface area (Å²) >= 11 is 0. The molecule has 0 saturated heterocycles. The van der Waals surface area contributed by atoms with E-state index in [0.29, 0.717) is 17.1 Å². The zero-order chi connectivity index (χ0) is 12.7. The quantitative estimate of drug-likeness (QED) is 0.346. The number of methoxy groups -OCH3 is 2. The number of hydrogen-bond donors (Lipinski definition) is 0. The summed E-state index contributed by atoms with van der Waals surface area (Å²) in [5.74, 6) is 0.406. The molecule has 0 aliphatic heterocycles. The van der Waals surface area contributed by atoms with Crippen LogP contribution in [0.4, 0.5) is 0 Å². The molecule has 0 fully saturated rings. The Balaban J connectivity index is 3.06. The van der Waals surface area contributed by atoms with Crippen molar-refractivity contribution in [2.75, 3.05) is 14.2 Å². The molecule has 1 rings (SSSR count). The summed E-state index contributed by atoms with van der Waals surface area (Å²) in [5.41, 5.74) is 8.74. The summed E-state index contributed by atoms with van der Waals surface area (Å²) in [6, 6.07) is 5.26. The van der Waals surface area contributed by atoms with Crippen molar-refractivity contribution in [3.05, 3.63) is 40.3 Å². The molecular formula is C11H11N3O3. The van der Waals surface area contributed by atoms with Gasteiger partial charge in [-0.25, -0.2) is 0 Å². The average molecular weight is 233 g/mol. The molecule has 17 heavy (non-hydrogen) atoms. The summed E-state index contributed by atoms with van der Waals surface area (Å²) in [6.45, 7) is 0. The highest BCUT2D eigenvalue weighted by atomic mass is 16.5. The molecule has 0 aliphatic carbocycles. The van der Waals surface area contributed by atoms with Crippen molar-refractivity contribution in [3.8, 4) is 11.5 Å². The minimum atomic E-state index is -0.669. The van der Waals surface area contributed by atoms with Crippen LogP contribution >= 0.6 is 0 Å². The van der Waals surface area contributed by atoms with Crippen LogP contribution in [0.2, 0.25) is 0 Å². The SMILES string of the molecule is COc1cccc(C=CC(=O)N=[N+]=[N-])c1OC. The molecule has 0 radical (unpaired) electrons. The Hall–Kier alpha value is -2.46. The first-order valence-corrected chi connectivity index (χ1v) is 4.71. The molecule has 1 aromatic carbocycles. The number of hydrogen-bond acceptors (Lipinski definition) is 3. The van der Waals surface area contributed by atoms with Gasteiger partial charge >= 0.3 is 0 Å². The van der Waals surface area contributed by atoms with Gasteiger partial charge in [-0.05, 0) is 28.9 Å². The molecule has 0 saturated carbocycles. The molecule has 1 amide bonds. The predicted molar refractivity (Wildman–Crippen MR) is 62.7 cm³/mol. The number of ether oxygens (including phenoxy) is 2. The predicted octanol–water partition coefficient (Wildman–Crippen LogP) is 2.55. The van der Waals surface area contributed by atoms with E-state index in [1.165, 1.54) is 20.3 Å². The van der Waals surface area contributed by atoms with Gasteiger partial charge in [-0.3, -0.25) is 4.79 Å². The third-order valence-corrected chi connectivity index (χ3v) is 1.98. The number of rotatable bonds is 4. The smallest absolute Gasteiger partial charge is 0.242 e. The lowest BCUT2D eigenvalue weighted by Gasteiger charge is -2.09. The van der Waals surface area contributed by atoms with E-state index in [1.807, 2.05) is 0 Å². The van der Waals surface area contributed by atoms with E-state index >= 15 is 0 Å². The van der Waals surface area contributed by atoms with Gasteiger partial charge < -0.3 is 9.47 Å². The number of para-hydroxylation sites is 1. The van der Waals surface area contributed by atoms with Gasteiger partial charge in [0.15, 0.2) is 11.5 Å². The minimum Gasteiger partial charge on any atom is -0.493 e. The molecule has 0 bridgehead atoms. The van der Waals surface area contributed by atoms with E-state index in [4.69, 9.17) is 15.0 Å². The van der Waals surface area contributed by atoms with Gasteiger partial charge in [-0.1, -0.05) is 12.1 Å². The lowest BCUT2D eigenvalue weighted by molar-refractivity contribution is -0.113. The topological polar surface area (TPSA) is 84.3 Å². The second kappa shape index (κ2) is 6.19. The third-order valence-electron chi connectivity index (χ3n) is 1.98. The highest BCUT2D eigenvalue weighted by Gasteiger charge is 2.06. The van der Waals surface area contributed by atoms with Crippen LogP contribution in [0.3, 0.4) is 0 Å². The first-order chi connectivity index (χ1) is 8.22. The van der Waals surface area contributed by atoms with E-state index in [0.717, 1.165) is 6.08 Å². The fourth-order valence-corrected chi connectivity index (χ4v) is 1.28. The van der Waals surface area contributed by atoms with Gasteiger partial charge in [0.1, 0.15) is 0 Å². The maximum Gasteiger partial charge on any atom is 0.242 e. The molecule has 6 nitrogen and oxygen atoms in total. The Kier molecular flexibility index (Phi) is 4.59. The summed E-state index contributed by atoms with van der Waals surface area (Å²) in [6.07, 6.45) is 2.66. The van der Waals surface area contributed by atoms with Crippen molar-refractivity contribution in [1.29, 1.82) is 0 Å². The Morgan fingerprint density at radius 1 is 1.41 bits per heavy atom. The van der Waals surface area contributed by atoms with E-state index in [-0.39, 0.29) is 0 Å². The number of carbonyl (C=O) groups is 1. The molecule has 0 atom stereocenters. The molecule has 0 heterocycles. The number of azide groups is 1. The Bertz CT molecular complexity index is 491. The lowest BCUT2D eigenvalue weighted by Crippen LogP contribution is -1.93. The second-order valence-electron chi connectivity index (χ2n) is 2.94. The molecule has 0 N–H and O–H groups in total.